The van der Waals surface area contributed by atoms with Crippen molar-refractivity contribution in [1.82, 2.24) is 0 Å². The van der Waals surface area contributed by atoms with Gasteiger partial charge in [-0.1, -0.05) is 240 Å². The van der Waals surface area contributed by atoms with Gasteiger partial charge in [0, 0.05) is 12.8 Å². The molecule has 0 saturated heterocycles. The smallest absolute Gasteiger partial charge is 0.155 e. The van der Waals surface area contributed by atoms with Gasteiger partial charge in [-0.3, -0.25) is 9.59 Å². The van der Waals surface area contributed by atoms with E-state index in [1.807, 2.05) is 168 Å². The van der Waals surface area contributed by atoms with Crippen molar-refractivity contribution in [3.8, 4) is 0 Å². The first-order chi connectivity index (χ1) is 33.4. The number of benzene rings is 3. The van der Waals surface area contributed by atoms with Crippen molar-refractivity contribution in [3.05, 3.63) is 237 Å². The van der Waals surface area contributed by atoms with E-state index < -0.39 is 11.7 Å². The van der Waals surface area contributed by atoms with Crippen LogP contribution < -0.4 is 0 Å². The zero-order valence-corrected chi connectivity index (χ0v) is 47.0. The van der Waals surface area contributed by atoms with Crippen molar-refractivity contribution >= 4 is 29.8 Å². The molecule has 0 aliphatic rings. The first-order valence-corrected chi connectivity index (χ1v) is 23.5. The standard InChI is InChI=1S/C10H12.C9H10.C8H8.2C6H10O.C5H8.C4H6F2.C4H8O.C4H8.C3H6O.C3H6.C2H6.2CH4/c1-3-9-5-7-10(4-2)8-6-9;1-2-6-9-7-4-3-5-8-9;1-2-8-6-4-3-5-7-8;2*1-3-5-6(7)4-2;1-4-5(2)3;1-3(5)4(2)6;1-3-4-5-2;2*1-3-4-2;1-3-2;1-2;;/h3,5-8H,1,4H2,2H3;2-8H,1H3;2-7H,1H2;2*3,5H,4H2,1-2H3;4H,1-2H2,3H3;1-2H3;3-4H,1-2H3;3-4H,1-2H3;3H,1H2,2H3;3H,1H2,2H3;1-2H3;2*1H4/b;6-2-;;2*5-3-;;3*4-3-;;;;;. The van der Waals surface area contributed by atoms with Crippen LogP contribution in [0.5, 0.6) is 0 Å². The molecule has 3 aromatic carbocycles. The van der Waals surface area contributed by atoms with E-state index in [0.717, 1.165) is 25.8 Å². The first-order valence-electron chi connectivity index (χ1n) is 23.5. The SMILES string of the molecule is C.C.C/C(F)=C(\C)F.C/C=C\C.C/C=C\C(=O)CC.C/C=C\C(=O)CC.C/C=C\OC.C/C=C\c1ccccc1.C=CC.C=CC(=C)C.C=COC.C=Cc1ccc(CC)cc1.C=Cc1ccccc1.CC. The van der Waals surface area contributed by atoms with E-state index in [4.69, 9.17) is 0 Å². The Labute approximate surface area is 445 Å². The molecule has 0 spiro atoms. The van der Waals surface area contributed by atoms with Crippen LogP contribution in [0.3, 0.4) is 0 Å². The van der Waals surface area contributed by atoms with Gasteiger partial charge in [0.25, 0.3) is 0 Å². The maximum atomic E-state index is 11.3. The summed E-state index contributed by atoms with van der Waals surface area (Å²) in [5, 5.41) is 0. The molecule has 0 radical (unpaired) electrons. The molecule has 4 nitrogen and oxygen atoms in total. The van der Waals surface area contributed by atoms with Gasteiger partial charge in [-0.15, -0.1) is 6.58 Å². The van der Waals surface area contributed by atoms with Crippen LogP contribution in [0.2, 0.25) is 0 Å². The fourth-order valence-corrected chi connectivity index (χ4v) is 2.98. The third-order valence-corrected chi connectivity index (χ3v) is 6.81. The number of halogens is 2. The highest BCUT2D eigenvalue weighted by Gasteiger charge is 1.88. The van der Waals surface area contributed by atoms with Crippen LogP contribution in [-0.4, -0.2) is 25.8 Å². The van der Waals surface area contributed by atoms with Crippen LogP contribution in [0.15, 0.2) is 215 Å². The summed E-state index contributed by atoms with van der Waals surface area (Å²) in [6, 6.07) is 28.7. The number of carbonyl (C=O) groups is 2. The van der Waals surface area contributed by atoms with Gasteiger partial charge in [0.1, 0.15) is 11.7 Å². The number of carbonyl (C=O) groups excluding carboxylic acids is 2. The van der Waals surface area contributed by atoms with Crippen LogP contribution in [-0.2, 0) is 25.5 Å². The fourth-order valence-electron chi connectivity index (χ4n) is 2.98. The molecule has 0 atom stereocenters. The van der Waals surface area contributed by atoms with E-state index in [9.17, 15) is 18.4 Å². The van der Waals surface area contributed by atoms with Gasteiger partial charge < -0.3 is 9.47 Å². The Morgan fingerprint density at radius 3 is 1.00 bits per heavy atom. The van der Waals surface area contributed by atoms with Crippen LogP contribution in [0.25, 0.3) is 18.2 Å². The molecule has 0 saturated carbocycles. The summed E-state index contributed by atoms with van der Waals surface area (Å²) in [5.41, 5.74) is 6.03. The Bertz CT molecular complexity index is 1730. The lowest BCUT2D eigenvalue weighted by Crippen LogP contribution is -1.84. The summed E-state index contributed by atoms with van der Waals surface area (Å²) in [4.78, 5) is 20.6. The Hall–Kier alpha value is -6.66. The van der Waals surface area contributed by atoms with Gasteiger partial charge in [-0.2, -0.15) is 0 Å². The minimum atomic E-state index is -0.741. The van der Waals surface area contributed by atoms with Crippen LogP contribution >= 0.6 is 0 Å². The highest BCUT2D eigenvalue weighted by atomic mass is 19.2. The summed E-state index contributed by atoms with van der Waals surface area (Å²) in [7, 11) is 3.19. The molecule has 0 heterocycles. The number of allylic oxidation sites excluding steroid dienone is 13. The van der Waals surface area contributed by atoms with Crippen molar-refractivity contribution in [2.45, 2.75) is 138 Å². The van der Waals surface area contributed by atoms with Crippen molar-refractivity contribution in [1.29, 1.82) is 0 Å². The molecule has 0 unspecified atom stereocenters. The van der Waals surface area contributed by atoms with E-state index in [-0.39, 0.29) is 26.4 Å². The molecule has 0 aromatic heterocycles. The lowest BCUT2D eigenvalue weighted by atomic mass is 10.1. The minimum absolute atomic E-state index is 0. The Kier molecular flexibility index (Phi) is 111. The summed E-state index contributed by atoms with van der Waals surface area (Å²) in [5.74, 6) is -1.09. The fraction of sp³-hybridized carbons (Fsp3) is 0.333. The van der Waals surface area contributed by atoms with E-state index >= 15 is 0 Å². The zero-order valence-electron chi connectivity index (χ0n) is 47.0. The molecule has 6 heteroatoms. The number of ether oxygens (including phenoxy) is 2. The molecule has 0 amide bonds. The number of hydrogen-bond donors (Lipinski definition) is 0. The predicted molar refractivity (Wildman–Crippen MR) is 330 cm³/mol. The average Bonchev–Trinajstić information content (AvgIpc) is 3.39. The van der Waals surface area contributed by atoms with Crippen molar-refractivity contribution < 1.29 is 27.8 Å². The van der Waals surface area contributed by atoms with Crippen molar-refractivity contribution in [3.63, 3.8) is 0 Å². The van der Waals surface area contributed by atoms with Gasteiger partial charge in [0.05, 0.1) is 26.7 Å². The second-order valence-electron chi connectivity index (χ2n) is 12.8. The number of methoxy groups -OCH3 is 2. The second-order valence-corrected chi connectivity index (χ2v) is 12.8. The maximum absolute atomic E-state index is 11.3. The average molecular weight is 1000 g/mol. The monoisotopic (exact) mass is 1000 g/mol. The van der Waals surface area contributed by atoms with E-state index in [2.05, 4.69) is 98.3 Å². The quantitative estimate of drug-likeness (QED) is 0.0831. The second kappa shape index (κ2) is 87.4. The largest absolute Gasteiger partial charge is 0.505 e. The predicted octanol–water partition coefficient (Wildman–Crippen LogP) is 22.0. The number of rotatable bonds is 11. The Morgan fingerprint density at radius 1 is 0.528 bits per heavy atom. The Morgan fingerprint density at radius 2 is 0.847 bits per heavy atom. The molecule has 3 rings (SSSR count). The minimum Gasteiger partial charge on any atom is -0.505 e. The summed E-state index contributed by atoms with van der Waals surface area (Å²) >= 11 is 0. The van der Waals surface area contributed by atoms with Gasteiger partial charge in [-0.25, -0.2) is 8.78 Å². The highest BCUT2D eigenvalue weighted by molar-refractivity contribution is 5.89. The van der Waals surface area contributed by atoms with Gasteiger partial charge in [0.2, 0.25) is 0 Å². The molecule has 0 aliphatic heterocycles. The van der Waals surface area contributed by atoms with E-state index in [1.165, 1.54) is 28.5 Å². The number of ketones is 2. The van der Waals surface area contributed by atoms with Gasteiger partial charge in [0.15, 0.2) is 11.6 Å². The van der Waals surface area contributed by atoms with Crippen molar-refractivity contribution in [2.24, 2.45) is 0 Å². The summed E-state index contributed by atoms with van der Waals surface area (Å²) in [6.45, 7) is 48.4. The van der Waals surface area contributed by atoms with E-state index in [1.54, 1.807) is 56.9 Å². The lowest BCUT2D eigenvalue weighted by molar-refractivity contribution is -0.115. The Balaban J connectivity index is -0.0000000637. The molecule has 0 bridgehead atoms. The molecular formula is C66H106F2O4. The van der Waals surface area contributed by atoms with Crippen LogP contribution in [0.1, 0.15) is 154 Å². The van der Waals surface area contributed by atoms with Crippen LogP contribution in [0.4, 0.5) is 8.78 Å². The molecule has 0 fully saturated rings. The van der Waals surface area contributed by atoms with Gasteiger partial charge >= 0.3 is 0 Å². The molecule has 0 aliphatic carbocycles. The van der Waals surface area contributed by atoms with E-state index in [0.29, 0.717) is 12.8 Å². The van der Waals surface area contributed by atoms with Crippen LogP contribution in [0, 0.1) is 0 Å². The number of aryl methyl sites for hydroxylation is 1. The molecule has 0 N–H and O–H groups in total. The first kappa shape index (κ1) is 91.6. The number of hydrogen-bond acceptors (Lipinski definition) is 4. The highest BCUT2D eigenvalue weighted by Crippen LogP contribution is 2.05. The normalized spacial score (nSPS) is 8.82. The maximum Gasteiger partial charge on any atom is 0.155 e. The molecular weight excluding hydrogens is 895 g/mol. The topological polar surface area (TPSA) is 52.6 Å². The summed E-state index contributed by atoms with van der Waals surface area (Å²) in [6.07, 6.45) is 29.1. The van der Waals surface area contributed by atoms with Gasteiger partial charge in [-0.05, 0) is 110 Å². The van der Waals surface area contributed by atoms with Crippen molar-refractivity contribution in [2.75, 3.05) is 14.2 Å². The molecule has 72 heavy (non-hydrogen) atoms. The molecule has 3 aromatic rings. The molecule has 408 valence electrons. The lowest BCUT2D eigenvalue weighted by Gasteiger charge is -1.95. The third-order valence-electron chi connectivity index (χ3n) is 6.81. The zero-order chi connectivity index (χ0) is 56.2. The summed E-state index contributed by atoms with van der Waals surface area (Å²) < 4.78 is 31.5. The third kappa shape index (κ3) is 105.